The summed E-state index contributed by atoms with van der Waals surface area (Å²) in [6.07, 6.45) is 0.744. The fourth-order valence-electron chi connectivity index (χ4n) is 1.71. The van der Waals surface area contributed by atoms with Crippen molar-refractivity contribution in [2.75, 3.05) is 18.8 Å². The van der Waals surface area contributed by atoms with E-state index in [-0.39, 0.29) is 0 Å². The molecule has 1 rings (SSSR count). The average Bonchev–Trinajstić information content (AvgIpc) is 2.11. The topological polar surface area (TPSA) is 37.4 Å². The molecule has 0 N–H and O–H groups in total. The van der Waals surface area contributed by atoms with Crippen molar-refractivity contribution >= 4 is 9.84 Å². The van der Waals surface area contributed by atoms with E-state index in [9.17, 15) is 8.42 Å². The van der Waals surface area contributed by atoms with Gasteiger partial charge in [-0.15, -0.1) is 0 Å². The lowest BCUT2D eigenvalue weighted by Crippen LogP contribution is -2.33. The second-order valence-electron chi connectivity index (χ2n) is 4.96. The van der Waals surface area contributed by atoms with Gasteiger partial charge in [-0.1, -0.05) is 0 Å². The third-order valence-electron chi connectivity index (χ3n) is 3.22. The minimum absolute atomic E-state index is 0.304. The first-order chi connectivity index (χ1) is 6.26. The molecule has 1 aliphatic rings. The Kier molecular flexibility index (Phi) is 3.26. The van der Waals surface area contributed by atoms with Gasteiger partial charge in [0, 0.05) is 12.6 Å². The van der Waals surface area contributed by atoms with Crippen molar-refractivity contribution in [3.63, 3.8) is 0 Å². The van der Waals surface area contributed by atoms with Crippen molar-refractivity contribution in [2.45, 2.75) is 44.9 Å². The summed E-state index contributed by atoms with van der Waals surface area (Å²) in [5.41, 5.74) is 0. The van der Waals surface area contributed by atoms with Crippen LogP contribution in [-0.2, 0) is 9.84 Å². The van der Waals surface area contributed by atoms with Crippen LogP contribution in [0.5, 0.6) is 0 Å². The standard InChI is InChI=1S/C10H21NO2S/c1-9(2)11-6-5-10(3,4)14(12,13)8-7-11/h9H,5-8H2,1-4H3. The normalized spacial score (nSPS) is 27.5. The van der Waals surface area contributed by atoms with Gasteiger partial charge >= 0.3 is 0 Å². The zero-order chi connectivity index (χ0) is 11.0. The van der Waals surface area contributed by atoms with Gasteiger partial charge in [0.1, 0.15) is 0 Å². The van der Waals surface area contributed by atoms with E-state index in [4.69, 9.17) is 0 Å². The van der Waals surface area contributed by atoms with Gasteiger partial charge in [0.15, 0.2) is 9.84 Å². The van der Waals surface area contributed by atoms with E-state index in [1.54, 1.807) is 0 Å². The number of rotatable bonds is 1. The number of nitrogens with zero attached hydrogens (tertiary/aromatic N) is 1. The maximum Gasteiger partial charge on any atom is 0.156 e. The molecule has 1 fully saturated rings. The van der Waals surface area contributed by atoms with Crippen LogP contribution in [-0.4, -0.2) is 42.9 Å². The van der Waals surface area contributed by atoms with Gasteiger partial charge in [-0.25, -0.2) is 8.42 Å². The third kappa shape index (κ3) is 2.28. The van der Waals surface area contributed by atoms with E-state index in [1.807, 2.05) is 13.8 Å². The second kappa shape index (κ2) is 3.81. The van der Waals surface area contributed by atoms with Crippen molar-refractivity contribution < 1.29 is 8.42 Å². The van der Waals surface area contributed by atoms with Crippen molar-refractivity contribution in [1.29, 1.82) is 0 Å². The molecule has 0 atom stereocenters. The molecule has 0 aromatic rings. The number of hydrogen-bond donors (Lipinski definition) is 0. The molecule has 0 spiro atoms. The Balaban J connectivity index is 2.83. The van der Waals surface area contributed by atoms with E-state index in [1.165, 1.54) is 0 Å². The van der Waals surface area contributed by atoms with E-state index in [0.29, 0.717) is 18.3 Å². The smallest absolute Gasteiger partial charge is 0.156 e. The maximum absolute atomic E-state index is 11.9. The predicted molar refractivity (Wildman–Crippen MR) is 59.2 cm³/mol. The van der Waals surface area contributed by atoms with E-state index < -0.39 is 14.6 Å². The summed E-state index contributed by atoms with van der Waals surface area (Å²) in [5, 5.41) is 0. The Hall–Kier alpha value is -0.0900. The summed E-state index contributed by atoms with van der Waals surface area (Å²) in [7, 11) is -2.91. The molecular weight excluding hydrogens is 198 g/mol. The van der Waals surface area contributed by atoms with Crippen LogP contribution in [0.25, 0.3) is 0 Å². The van der Waals surface area contributed by atoms with Crippen molar-refractivity contribution in [2.24, 2.45) is 0 Å². The van der Waals surface area contributed by atoms with Crippen LogP contribution in [0.15, 0.2) is 0 Å². The van der Waals surface area contributed by atoms with Gasteiger partial charge in [0.25, 0.3) is 0 Å². The molecule has 0 aromatic carbocycles. The van der Waals surface area contributed by atoms with Crippen LogP contribution < -0.4 is 0 Å². The SMILES string of the molecule is CC(C)N1CCC(C)(C)S(=O)(=O)CC1. The molecule has 14 heavy (non-hydrogen) atoms. The Morgan fingerprint density at radius 1 is 1.21 bits per heavy atom. The average molecular weight is 219 g/mol. The van der Waals surface area contributed by atoms with Crippen molar-refractivity contribution in [1.82, 2.24) is 4.90 Å². The number of hydrogen-bond acceptors (Lipinski definition) is 3. The van der Waals surface area contributed by atoms with E-state index >= 15 is 0 Å². The zero-order valence-electron chi connectivity index (χ0n) is 9.58. The van der Waals surface area contributed by atoms with Crippen LogP contribution in [0.2, 0.25) is 0 Å². The molecule has 1 aliphatic heterocycles. The molecule has 3 nitrogen and oxygen atoms in total. The molecule has 1 heterocycles. The fraction of sp³-hybridized carbons (Fsp3) is 1.00. The minimum atomic E-state index is -2.91. The summed E-state index contributed by atoms with van der Waals surface area (Å²) in [5.74, 6) is 0.304. The maximum atomic E-state index is 11.9. The van der Waals surface area contributed by atoms with Gasteiger partial charge in [0.05, 0.1) is 10.5 Å². The lowest BCUT2D eigenvalue weighted by molar-refractivity contribution is 0.232. The van der Waals surface area contributed by atoms with Crippen LogP contribution in [0.1, 0.15) is 34.1 Å². The van der Waals surface area contributed by atoms with Crippen LogP contribution in [0, 0.1) is 0 Å². The molecule has 0 bridgehead atoms. The highest BCUT2D eigenvalue weighted by molar-refractivity contribution is 7.92. The van der Waals surface area contributed by atoms with Crippen LogP contribution >= 0.6 is 0 Å². The van der Waals surface area contributed by atoms with Gasteiger partial charge in [0.2, 0.25) is 0 Å². The zero-order valence-corrected chi connectivity index (χ0v) is 10.4. The molecule has 0 saturated carbocycles. The van der Waals surface area contributed by atoms with Crippen LogP contribution in [0.4, 0.5) is 0 Å². The molecule has 4 heteroatoms. The highest BCUT2D eigenvalue weighted by atomic mass is 32.2. The Morgan fingerprint density at radius 2 is 1.79 bits per heavy atom. The Bertz CT molecular complexity index is 293. The summed E-state index contributed by atoms with van der Waals surface area (Å²) in [4.78, 5) is 2.24. The van der Waals surface area contributed by atoms with Gasteiger partial charge < -0.3 is 0 Å². The molecule has 84 valence electrons. The largest absolute Gasteiger partial charge is 0.300 e. The molecule has 0 aliphatic carbocycles. The van der Waals surface area contributed by atoms with Crippen LogP contribution in [0.3, 0.4) is 0 Å². The first-order valence-corrected chi connectivity index (χ1v) is 6.88. The molecule has 0 unspecified atom stereocenters. The van der Waals surface area contributed by atoms with E-state index in [2.05, 4.69) is 18.7 Å². The Labute approximate surface area is 87.4 Å². The lowest BCUT2D eigenvalue weighted by Gasteiger charge is -2.24. The van der Waals surface area contributed by atoms with E-state index in [0.717, 1.165) is 13.0 Å². The highest BCUT2D eigenvalue weighted by Crippen LogP contribution is 2.25. The van der Waals surface area contributed by atoms with Gasteiger partial charge in [-0.05, 0) is 40.7 Å². The molecular formula is C10H21NO2S. The summed E-state index contributed by atoms with van der Waals surface area (Å²) >= 11 is 0. The number of sulfone groups is 1. The van der Waals surface area contributed by atoms with Gasteiger partial charge in [-0.3, -0.25) is 4.90 Å². The monoisotopic (exact) mass is 219 g/mol. The first kappa shape index (κ1) is 12.0. The lowest BCUT2D eigenvalue weighted by atomic mass is 10.1. The highest BCUT2D eigenvalue weighted by Gasteiger charge is 2.37. The second-order valence-corrected chi connectivity index (χ2v) is 7.70. The van der Waals surface area contributed by atoms with Crippen molar-refractivity contribution in [3.8, 4) is 0 Å². The first-order valence-electron chi connectivity index (χ1n) is 5.23. The molecule has 0 radical (unpaired) electrons. The minimum Gasteiger partial charge on any atom is -0.300 e. The fourth-order valence-corrected chi connectivity index (χ4v) is 3.14. The summed E-state index contributed by atoms with van der Waals surface area (Å²) < 4.78 is 23.2. The Morgan fingerprint density at radius 3 is 2.29 bits per heavy atom. The summed E-state index contributed by atoms with van der Waals surface area (Å²) in [6, 6.07) is 0.444. The molecule has 0 amide bonds. The molecule has 0 aromatic heterocycles. The predicted octanol–water partition coefficient (Wildman–Crippen LogP) is 1.29. The van der Waals surface area contributed by atoms with Gasteiger partial charge in [-0.2, -0.15) is 0 Å². The molecule has 1 saturated heterocycles. The quantitative estimate of drug-likeness (QED) is 0.667. The summed E-state index contributed by atoms with van der Waals surface area (Å²) in [6.45, 7) is 9.49. The van der Waals surface area contributed by atoms with Crippen molar-refractivity contribution in [3.05, 3.63) is 0 Å². The third-order valence-corrected chi connectivity index (χ3v) is 5.83.